The van der Waals surface area contributed by atoms with Crippen molar-refractivity contribution in [3.63, 3.8) is 0 Å². The van der Waals surface area contributed by atoms with Crippen LogP contribution < -0.4 is 10.1 Å². The zero-order valence-corrected chi connectivity index (χ0v) is 14.2. The molecule has 4 nitrogen and oxygen atoms in total. The van der Waals surface area contributed by atoms with E-state index in [4.69, 9.17) is 21.1 Å². The molecule has 0 aliphatic carbocycles. The Kier molecular flexibility index (Phi) is 5.88. The maximum absolute atomic E-state index is 11.6. The van der Waals surface area contributed by atoms with Crippen molar-refractivity contribution >= 4 is 23.4 Å². The SMILES string of the molecule is CCOC(=O)Nc1ccc(Cl)cc1COc1ccc(C)cc1C. The number of hydrogen-bond donors (Lipinski definition) is 1. The van der Waals surface area contributed by atoms with Crippen molar-refractivity contribution in [2.45, 2.75) is 27.4 Å². The van der Waals surface area contributed by atoms with Gasteiger partial charge in [0.15, 0.2) is 0 Å². The smallest absolute Gasteiger partial charge is 0.411 e. The van der Waals surface area contributed by atoms with Crippen molar-refractivity contribution in [2.24, 2.45) is 0 Å². The van der Waals surface area contributed by atoms with Gasteiger partial charge in [0.25, 0.3) is 0 Å². The largest absolute Gasteiger partial charge is 0.489 e. The minimum atomic E-state index is -0.498. The van der Waals surface area contributed by atoms with Crippen LogP contribution in [0.1, 0.15) is 23.6 Å². The van der Waals surface area contributed by atoms with Gasteiger partial charge in [-0.05, 0) is 50.6 Å². The van der Waals surface area contributed by atoms with Gasteiger partial charge in [0, 0.05) is 10.6 Å². The quantitative estimate of drug-likeness (QED) is 0.827. The predicted molar refractivity (Wildman–Crippen MR) is 92.3 cm³/mol. The number of rotatable bonds is 5. The molecule has 0 aliphatic rings. The fourth-order valence-corrected chi connectivity index (χ4v) is 2.39. The summed E-state index contributed by atoms with van der Waals surface area (Å²) in [7, 11) is 0. The molecule has 122 valence electrons. The number of amides is 1. The molecule has 1 N–H and O–H groups in total. The lowest BCUT2D eigenvalue weighted by atomic mass is 10.1. The fraction of sp³-hybridized carbons (Fsp3) is 0.278. The van der Waals surface area contributed by atoms with Crippen LogP contribution in [0.4, 0.5) is 10.5 Å². The molecular formula is C18H20ClNO3. The van der Waals surface area contributed by atoms with Gasteiger partial charge in [-0.2, -0.15) is 0 Å². The number of carbonyl (C=O) groups is 1. The molecule has 0 fully saturated rings. The summed E-state index contributed by atoms with van der Waals surface area (Å²) < 4.78 is 10.8. The molecule has 2 rings (SSSR count). The molecule has 0 radical (unpaired) electrons. The summed E-state index contributed by atoms with van der Waals surface area (Å²) in [4.78, 5) is 11.6. The number of carbonyl (C=O) groups excluding carboxylic acids is 1. The standard InChI is InChI=1S/C18H20ClNO3/c1-4-22-18(21)20-16-7-6-15(19)10-14(16)11-23-17-8-5-12(2)9-13(17)3/h5-10H,4,11H2,1-3H3,(H,20,21). The number of benzene rings is 2. The number of aryl methyl sites for hydroxylation is 2. The molecule has 5 heteroatoms. The van der Waals surface area contributed by atoms with Crippen molar-refractivity contribution in [3.8, 4) is 5.75 Å². The normalized spacial score (nSPS) is 10.3. The lowest BCUT2D eigenvalue weighted by molar-refractivity contribution is 0.168. The maximum atomic E-state index is 11.6. The van der Waals surface area contributed by atoms with Gasteiger partial charge >= 0.3 is 6.09 Å². The van der Waals surface area contributed by atoms with E-state index >= 15 is 0 Å². The molecule has 0 unspecified atom stereocenters. The molecule has 1 amide bonds. The molecule has 2 aromatic carbocycles. The van der Waals surface area contributed by atoms with Gasteiger partial charge < -0.3 is 9.47 Å². The van der Waals surface area contributed by atoms with Crippen LogP contribution in [0.15, 0.2) is 36.4 Å². The third-order valence-corrected chi connectivity index (χ3v) is 3.53. The second-order valence-electron chi connectivity index (χ2n) is 5.20. The molecule has 0 heterocycles. The number of halogens is 1. The van der Waals surface area contributed by atoms with Gasteiger partial charge in [0.05, 0.1) is 12.3 Å². The Hall–Kier alpha value is -2.20. The molecule has 0 bridgehead atoms. The first-order chi connectivity index (χ1) is 11.0. The molecular weight excluding hydrogens is 314 g/mol. The second-order valence-corrected chi connectivity index (χ2v) is 5.64. The predicted octanol–water partition coefficient (Wildman–Crippen LogP) is 5.10. The molecule has 0 spiro atoms. The van der Waals surface area contributed by atoms with Crippen molar-refractivity contribution in [1.82, 2.24) is 0 Å². The van der Waals surface area contributed by atoms with Gasteiger partial charge in [-0.15, -0.1) is 0 Å². The highest BCUT2D eigenvalue weighted by Gasteiger charge is 2.09. The average Bonchev–Trinajstić information content (AvgIpc) is 2.49. The number of hydrogen-bond acceptors (Lipinski definition) is 3. The molecule has 0 aromatic heterocycles. The van der Waals surface area contributed by atoms with Crippen LogP contribution in [-0.4, -0.2) is 12.7 Å². The van der Waals surface area contributed by atoms with Gasteiger partial charge in [0.1, 0.15) is 12.4 Å². The molecule has 23 heavy (non-hydrogen) atoms. The lowest BCUT2D eigenvalue weighted by Gasteiger charge is -2.14. The van der Waals surface area contributed by atoms with E-state index in [-0.39, 0.29) is 0 Å². The first-order valence-electron chi connectivity index (χ1n) is 7.42. The Balaban J connectivity index is 2.14. The molecule has 0 saturated heterocycles. The molecule has 2 aromatic rings. The zero-order chi connectivity index (χ0) is 16.8. The average molecular weight is 334 g/mol. The van der Waals surface area contributed by atoms with E-state index in [2.05, 4.69) is 11.4 Å². The van der Waals surface area contributed by atoms with E-state index < -0.39 is 6.09 Å². The summed E-state index contributed by atoms with van der Waals surface area (Å²) in [5.41, 5.74) is 3.65. The summed E-state index contributed by atoms with van der Waals surface area (Å²) in [6, 6.07) is 11.2. The van der Waals surface area contributed by atoms with Gasteiger partial charge in [-0.25, -0.2) is 4.79 Å². The highest BCUT2D eigenvalue weighted by atomic mass is 35.5. The van der Waals surface area contributed by atoms with Crippen LogP contribution >= 0.6 is 11.6 Å². The fourth-order valence-electron chi connectivity index (χ4n) is 2.20. The number of nitrogens with one attached hydrogen (secondary N) is 1. The Bertz CT molecular complexity index is 701. The third kappa shape index (κ3) is 4.89. The zero-order valence-electron chi connectivity index (χ0n) is 13.5. The second kappa shape index (κ2) is 7.88. The van der Waals surface area contributed by atoms with Crippen molar-refractivity contribution < 1.29 is 14.3 Å². The summed E-state index contributed by atoms with van der Waals surface area (Å²) >= 11 is 6.05. The monoisotopic (exact) mass is 333 g/mol. The van der Waals surface area contributed by atoms with Gasteiger partial charge in [-0.1, -0.05) is 29.3 Å². The highest BCUT2D eigenvalue weighted by Crippen LogP contribution is 2.25. The highest BCUT2D eigenvalue weighted by molar-refractivity contribution is 6.30. The number of ether oxygens (including phenoxy) is 2. The van der Waals surface area contributed by atoms with Crippen molar-refractivity contribution in [3.05, 3.63) is 58.1 Å². The minimum Gasteiger partial charge on any atom is -0.489 e. The Morgan fingerprint density at radius 1 is 1.17 bits per heavy atom. The van der Waals surface area contributed by atoms with E-state index in [0.717, 1.165) is 16.9 Å². The Morgan fingerprint density at radius 2 is 1.96 bits per heavy atom. The van der Waals surface area contributed by atoms with E-state index in [1.807, 2.05) is 26.0 Å². The molecule has 0 atom stereocenters. The number of anilines is 1. The van der Waals surface area contributed by atoms with Crippen LogP contribution in [0.2, 0.25) is 5.02 Å². The first kappa shape index (κ1) is 17.2. The van der Waals surface area contributed by atoms with E-state index in [1.54, 1.807) is 25.1 Å². The van der Waals surface area contributed by atoms with Crippen LogP contribution in [0.3, 0.4) is 0 Å². The first-order valence-corrected chi connectivity index (χ1v) is 7.79. The van der Waals surface area contributed by atoms with E-state index in [1.165, 1.54) is 5.56 Å². The lowest BCUT2D eigenvalue weighted by Crippen LogP contribution is -2.15. The van der Waals surface area contributed by atoms with E-state index in [0.29, 0.717) is 23.9 Å². The third-order valence-electron chi connectivity index (χ3n) is 3.29. The molecule has 0 saturated carbocycles. The van der Waals surface area contributed by atoms with E-state index in [9.17, 15) is 4.79 Å². The Labute approximate surface area is 141 Å². The summed E-state index contributed by atoms with van der Waals surface area (Å²) in [6.07, 6.45) is -0.498. The van der Waals surface area contributed by atoms with Gasteiger partial charge in [0.2, 0.25) is 0 Å². The maximum Gasteiger partial charge on any atom is 0.411 e. The topological polar surface area (TPSA) is 47.6 Å². The summed E-state index contributed by atoms with van der Waals surface area (Å²) in [6.45, 7) is 6.40. The van der Waals surface area contributed by atoms with Crippen LogP contribution in [0.5, 0.6) is 5.75 Å². The van der Waals surface area contributed by atoms with Crippen molar-refractivity contribution in [1.29, 1.82) is 0 Å². The van der Waals surface area contributed by atoms with Crippen LogP contribution in [0.25, 0.3) is 0 Å². The van der Waals surface area contributed by atoms with Crippen LogP contribution in [-0.2, 0) is 11.3 Å². The summed E-state index contributed by atoms with van der Waals surface area (Å²) in [5, 5.41) is 3.28. The Morgan fingerprint density at radius 3 is 2.65 bits per heavy atom. The minimum absolute atomic E-state index is 0.298. The van der Waals surface area contributed by atoms with Crippen molar-refractivity contribution in [2.75, 3.05) is 11.9 Å². The van der Waals surface area contributed by atoms with Gasteiger partial charge in [-0.3, -0.25) is 5.32 Å². The molecule has 0 aliphatic heterocycles. The van der Waals surface area contributed by atoms with Crippen LogP contribution in [0, 0.1) is 13.8 Å². The summed E-state index contributed by atoms with van der Waals surface area (Å²) in [5.74, 6) is 0.803.